The highest BCUT2D eigenvalue weighted by Crippen LogP contribution is 2.27. The van der Waals surface area contributed by atoms with Crippen LogP contribution < -0.4 is 15.0 Å². The van der Waals surface area contributed by atoms with Gasteiger partial charge in [0, 0.05) is 18.7 Å². The standard InChI is InChI=1S/C19H18N4O3/c1-26-14-8-6-13(7-9-14)23-11-12(10-17(23)24)18(25)22-19-20-15-4-2-3-5-16(15)21-19/h2-9,12H,10-11H2,1H3,(H2,20,21,22,25)/t12-/m1/s1. The molecule has 1 aliphatic rings. The maximum absolute atomic E-state index is 12.5. The van der Waals surface area contributed by atoms with E-state index in [2.05, 4.69) is 15.3 Å². The van der Waals surface area contributed by atoms with Crippen molar-refractivity contribution < 1.29 is 14.3 Å². The number of benzene rings is 2. The van der Waals surface area contributed by atoms with Crippen LogP contribution in [0.3, 0.4) is 0 Å². The van der Waals surface area contributed by atoms with E-state index in [9.17, 15) is 9.59 Å². The number of carbonyl (C=O) groups excluding carboxylic acids is 2. The van der Waals surface area contributed by atoms with Crippen molar-refractivity contribution in [3.05, 3.63) is 48.5 Å². The van der Waals surface area contributed by atoms with Gasteiger partial charge in [0.05, 0.1) is 24.1 Å². The SMILES string of the molecule is COc1ccc(N2C[C@H](C(=O)Nc3nc4ccccc4[nH]3)CC2=O)cc1. The summed E-state index contributed by atoms with van der Waals surface area (Å²) >= 11 is 0. The predicted molar refractivity (Wildman–Crippen MR) is 98.2 cm³/mol. The molecule has 1 aromatic heterocycles. The third-order valence-electron chi connectivity index (χ3n) is 4.51. The quantitative estimate of drug-likeness (QED) is 0.757. The molecule has 1 atom stereocenters. The minimum atomic E-state index is -0.419. The number of hydrogen-bond donors (Lipinski definition) is 2. The van der Waals surface area contributed by atoms with Crippen LogP contribution in [0, 0.1) is 5.92 Å². The van der Waals surface area contributed by atoms with Gasteiger partial charge in [0.25, 0.3) is 0 Å². The Morgan fingerprint density at radius 3 is 2.73 bits per heavy atom. The summed E-state index contributed by atoms with van der Waals surface area (Å²) in [4.78, 5) is 33.9. The lowest BCUT2D eigenvalue weighted by molar-refractivity contribution is -0.122. The summed E-state index contributed by atoms with van der Waals surface area (Å²) in [6.07, 6.45) is 0.179. The number of nitrogens with zero attached hydrogens (tertiary/aromatic N) is 2. The van der Waals surface area contributed by atoms with Crippen LogP contribution in [-0.4, -0.2) is 35.4 Å². The number of methoxy groups -OCH3 is 1. The fourth-order valence-electron chi connectivity index (χ4n) is 3.13. The number of aromatic nitrogens is 2. The lowest BCUT2D eigenvalue weighted by atomic mass is 10.1. The molecule has 2 aromatic carbocycles. The molecule has 0 saturated carbocycles. The summed E-state index contributed by atoms with van der Waals surface area (Å²) < 4.78 is 5.13. The molecule has 0 spiro atoms. The lowest BCUT2D eigenvalue weighted by Gasteiger charge is -2.16. The Morgan fingerprint density at radius 1 is 1.23 bits per heavy atom. The average Bonchev–Trinajstić information content (AvgIpc) is 3.24. The van der Waals surface area contributed by atoms with E-state index in [1.165, 1.54) is 0 Å². The molecule has 1 fully saturated rings. The topological polar surface area (TPSA) is 87.3 Å². The van der Waals surface area contributed by atoms with Gasteiger partial charge in [-0.15, -0.1) is 0 Å². The van der Waals surface area contributed by atoms with E-state index >= 15 is 0 Å². The first-order valence-corrected chi connectivity index (χ1v) is 8.34. The second kappa shape index (κ2) is 6.51. The smallest absolute Gasteiger partial charge is 0.232 e. The van der Waals surface area contributed by atoms with E-state index in [-0.39, 0.29) is 18.2 Å². The number of aromatic amines is 1. The highest BCUT2D eigenvalue weighted by molar-refractivity contribution is 6.03. The number of amides is 2. The zero-order valence-electron chi connectivity index (χ0n) is 14.2. The van der Waals surface area contributed by atoms with Crippen molar-refractivity contribution in [1.29, 1.82) is 0 Å². The van der Waals surface area contributed by atoms with E-state index in [1.807, 2.05) is 36.4 Å². The minimum Gasteiger partial charge on any atom is -0.497 e. The molecule has 3 aromatic rings. The van der Waals surface area contributed by atoms with Gasteiger partial charge in [0.2, 0.25) is 17.8 Å². The fourth-order valence-corrected chi connectivity index (χ4v) is 3.13. The van der Waals surface area contributed by atoms with E-state index in [4.69, 9.17) is 4.74 Å². The van der Waals surface area contributed by atoms with Crippen molar-refractivity contribution in [2.45, 2.75) is 6.42 Å². The molecule has 7 heteroatoms. The maximum Gasteiger partial charge on any atom is 0.232 e. The van der Waals surface area contributed by atoms with Crippen LogP contribution in [0.5, 0.6) is 5.75 Å². The van der Waals surface area contributed by atoms with Gasteiger partial charge in [-0.3, -0.25) is 14.9 Å². The summed E-state index contributed by atoms with van der Waals surface area (Å²) in [6.45, 7) is 0.344. The molecule has 1 saturated heterocycles. The summed E-state index contributed by atoms with van der Waals surface area (Å²) in [6, 6.07) is 14.8. The fraction of sp³-hybridized carbons (Fsp3) is 0.211. The zero-order chi connectivity index (χ0) is 18.1. The molecule has 0 bridgehead atoms. The molecule has 0 unspecified atom stereocenters. The molecule has 132 valence electrons. The monoisotopic (exact) mass is 350 g/mol. The first-order valence-electron chi connectivity index (χ1n) is 8.34. The van der Waals surface area contributed by atoms with Gasteiger partial charge >= 0.3 is 0 Å². The zero-order valence-corrected chi connectivity index (χ0v) is 14.2. The van der Waals surface area contributed by atoms with Crippen molar-refractivity contribution >= 4 is 34.5 Å². The number of ether oxygens (including phenoxy) is 1. The number of anilines is 2. The number of imidazole rings is 1. The molecule has 7 nitrogen and oxygen atoms in total. The Labute approximate surface area is 150 Å². The molecule has 0 radical (unpaired) electrons. The molecule has 26 heavy (non-hydrogen) atoms. The molecule has 2 N–H and O–H groups in total. The van der Waals surface area contributed by atoms with E-state index in [1.54, 1.807) is 24.1 Å². The van der Waals surface area contributed by atoms with Crippen LogP contribution in [-0.2, 0) is 9.59 Å². The van der Waals surface area contributed by atoms with Crippen molar-refractivity contribution in [2.75, 3.05) is 23.9 Å². The van der Waals surface area contributed by atoms with Crippen LogP contribution in [0.2, 0.25) is 0 Å². The third kappa shape index (κ3) is 2.99. The Kier molecular flexibility index (Phi) is 4.04. The van der Waals surface area contributed by atoms with Crippen LogP contribution in [0.1, 0.15) is 6.42 Å². The average molecular weight is 350 g/mol. The normalized spacial score (nSPS) is 16.9. The molecule has 2 amide bonds. The molecule has 4 rings (SSSR count). The van der Waals surface area contributed by atoms with Crippen molar-refractivity contribution in [3.63, 3.8) is 0 Å². The van der Waals surface area contributed by atoms with Gasteiger partial charge in [0.1, 0.15) is 5.75 Å². The van der Waals surface area contributed by atoms with Gasteiger partial charge < -0.3 is 14.6 Å². The van der Waals surface area contributed by atoms with E-state index in [0.29, 0.717) is 12.5 Å². The van der Waals surface area contributed by atoms with E-state index < -0.39 is 5.92 Å². The summed E-state index contributed by atoms with van der Waals surface area (Å²) in [5, 5.41) is 2.78. The van der Waals surface area contributed by atoms with Crippen LogP contribution in [0.4, 0.5) is 11.6 Å². The molecule has 2 heterocycles. The third-order valence-corrected chi connectivity index (χ3v) is 4.51. The number of hydrogen-bond acceptors (Lipinski definition) is 4. The molecule has 1 aliphatic heterocycles. The van der Waals surface area contributed by atoms with Crippen LogP contribution >= 0.6 is 0 Å². The molecular weight excluding hydrogens is 332 g/mol. The predicted octanol–water partition coefficient (Wildman–Crippen LogP) is 2.56. The number of fused-ring (bicyclic) bond motifs is 1. The first kappa shape index (κ1) is 16.1. The Bertz CT molecular complexity index is 931. The van der Waals surface area contributed by atoms with Gasteiger partial charge in [-0.05, 0) is 36.4 Å². The highest BCUT2D eigenvalue weighted by atomic mass is 16.5. The summed E-state index contributed by atoms with van der Waals surface area (Å²) in [5.41, 5.74) is 2.39. The van der Waals surface area contributed by atoms with Crippen LogP contribution in [0.25, 0.3) is 11.0 Å². The maximum atomic E-state index is 12.5. The summed E-state index contributed by atoms with van der Waals surface area (Å²) in [5.74, 6) is 0.414. The van der Waals surface area contributed by atoms with Crippen molar-refractivity contribution in [2.24, 2.45) is 5.92 Å². The number of para-hydroxylation sites is 2. The number of rotatable bonds is 4. The molecular formula is C19H18N4O3. The Hall–Kier alpha value is -3.35. The second-order valence-electron chi connectivity index (χ2n) is 6.20. The number of H-pyrrole nitrogens is 1. The van der Waals surface area contributed by atoms with Crippen molar-refractivity contribution in [3.8, 4) is 5.75 Å². The molecule has 0 aliphatic carbocycles. The first-order chi connectivity index (χ1) is 12.6. The lowest BCUT2D eigenvalue weighted by Crippen LogP contribution is -2.28. The van der Waals surface area contributed by atoms with Crippen LogP contribution in [0.15, 0.2) is 48.5 Å². The number of carbonyl (C=O) groups is 2. The summed E-state index contributed by atoms with van der Waals surface area (Å²) in [7, 11) is 1.59. The van der Waals surface area contributed by atoms with Gasteiger partial charge in [-0.1, -0.05) is 12.1 Å². The Balaban J connectivity index is 1.46. The Morgan fingerprint density at radius 2 is 2.00 bits per heavy atom. The van der Waals surface area contributed by atoms with Crippen molar-refractivity contribution in [1.82, 2.24) is 9.97 Å². The van der Waals surface area contributed by atoms with Gasteiger partial charge in [-0.25, -0.2) is 4.98 Å². The largest absolute Gasteiger partial charge is 0.497 e. The minimum absolute atomic E-state index is 0.0695. The van der Waals surface area contributed by atoms with Gasteiger partial charge in [-0.2, -0.15) is 0 Å². The number of nitrogens with one attached hydrogen (secondary N) is 2. The second-order valence-corrected chi connectivity index (χ2v) is 6.20. The van der Waals surface area contributed by atoms with E-state index in [0.717, 1.165) is 22.5 Å². The highest BCUT2D eigenvalue weighted by Gasteiger charge is 2.35. The van der Waals surface area contributed by atoms with Gasteiger partial charge in [0.15, 0.2) is 0 Å².